The van der Waals surface area contributed by atoms with E-state index in [-0.39, 0.29) is 5.60 Å². The van der Waals surface area contributed by atoms with Crippen LogP contribution >= 0.6 is 15.9 Å². The number of nitrogens with one attached hydrogen (secondary N) is 1. The first-order valence-electron chi connectivity index (χ1n) is 7.87. The minimum Gasteiger partial charge on any atom is -0.381 e. The molecule has 3 rings (SSSR count). The monoisotopic (exact) mass is 353 g/mol. The molecule has 0 radical (unpaired) electrons. The molecule has 0 saturated carbocycles. The summed E-state index contributed by atoms with van der Waals surface area (Å²) in [7, 11) is 2.07. The van der Waals surface area contributed by atoms with Crippen LogP contribution < -0.4 is 5.32 Å². The first-order chi connectivity index (χ1) is 10.2. The number of halogens is 1. The Labute approximate surface area is 135 Å². The van der Waals surface area contributed by atoms with Gasteiger partial charge in [-0.2, -0.15) is 0 Å². The van der Waals surface area contributed by atoms with Crippen molar-refractivity contribution in [3.63, 3.8) is 0 Å². The molecular weight excluding hydrogens is 330 g/mol. The van der Waals surface area contributed by atoms with E-state index in [0.29, 0.717) is 12.0 Å². The molecule has 1 aromatic carbocycles. The van der Waals surface area contributed by atoms with Crippen molar-refractivity contribution in [2.24, 2.45) is 5.92 Å². The summed E-state index contributed by atoms with van der Waals surface area (Å²) in [6.45, 7) is 2.56. The van der Waals surface area contributed by atoms with Gasteiger partial charge in [0.2, 0.25) is 0 Å². The van der Waals surface area contributed by atoms with Gasteiger partial charge in [0.1, 0.15) is 0 Å². The summed E-state index contributed by atoms with van der Waals surface area (Å²) in [6, 6.07) is 9.10. The third-order valence-electron chi connectivity index (χ3n) is 4.95. The fourth-order valence-electron chi connectivity index (χ4n) is 3.79. The lowest BCUT2D eigenvalue weighted by Gasteiger charge is -2.45. The molecule has 2 saturated heterocycles. The van der Waals surface area contributed by atoms with E-state index in [1.165, 1.54) is 5.56 Å². The van der Waals surface area contributed by atoms with Crippen molar-refractivity contribution >= 4 is 15.9 Å². The van der Waals surface area contributed by atoms with Gasteiger partial charge in [0.25, 0.3) is 0 Å². The van der Waals surface area contributed by atoms with E-state index < -0.39 is 0 Å². The lowest BCUT2D eigenvalue weighted by Crippen LogP contribution is -2.46. The number of benzene rings is 1. The molecule has 0 bridgehead atoms. The average Bonchev–Trinajstić information content (AvgIpc) is 2.51. The minimum atomic E-state index is 0.0611. The predicted octanol–water partition coefficient (Wildman–Crippen LogP) is 3.69. The Hall–Kier alpha value is -0.420. The normalized spacial score (nSPS) is 26.7. The molecule has 2 aliphatic rings. The van der Waals surface area contributed by atoms with E-state index in [9.17, 15) is 0 Å². The molecule has 2 unspecified atom stereocenters. The number of hydrogen-bond acceptors (Lipinski definition) is 3. The standard InChI is InChI=1S/C17H24BrNO2/c1-19-16(13-2-4-15(18)5-3-13)14-6-9-21-17(12-14)7-10-20-11-8-17/h2-5,14,16,19H,6-12H2,1H3. The maximum atomic E-state index is 6.17. The zero-order chi connectivity index (χ0) is 14.7. The topological polar surface area (TPSA) is 30.5 Å². The van der Waals surface area contributed by atoms with Crippen molar-refractivity contribution in [1.82, 2.24) is 5.32 Å². The highest BCUT2D eigenvalue weighted by Crippen LogP contribution is 2.41. The quantitative estimate of drug-likeness (QED) is 0.898. The lowest BCUT2D eigenvalue weighted by molar-refractivity contribution is -0.150. The molecule has 4 heteroatoms. The first-order valence-corrected chi connectivity index (χ1v) is 8.66. The molecule has 1 spiro atoms. The van der Waals surface area contributed by atoms with Gasteiger partial charge in [-0.25, -0.2) is 0 Å². The Morgan fingerprint density at radius 1 is 1.19 bits per heavy atom. The first kappa shape index (κ1) is 15.5. The summed E-state index contributed by atoms with van der Waals surface area (Å²) in [5, 5.41) is 3.53. The number of ether oxygens (including phenoxy) is 2. The molecule has 2 aliphatic heterocycles. The SMILES string of the molecule is CNC(c1ccc(Br)cc1)C1CCOC2(CCOCC2)C1. The number of rotatable bonds is 3. The van der Waals surface area contributed by atoms with Crippen LogP contribution in [0.15, 0.2) is 28.7 Å². The van der Waals surface area contributed by atoms with Gasteiger partial charge in [-0.05, 0) is 56.3 Å². The fraction of sp³-hybridized carbons (Fsp3) is 0.647. The summed E-state index contributed by atoms with van der Waals surface area (Å²) in [4.78, 5) is 0. The zero-order valence-corrected chi connectivity index (χ0v) is 14.2. The Bertz CT molecular complexity index is 451. The van der Waals surface area contributed by atoms with Gasteiger partial charge in [0.15, 0.2) is 0 Å². The van der Waals surface area contributed by atoms with Crippen LogP contribution in [-0.4, -0.2) is 32.5 Å². The van der Waals surface area contributed by atoms with Crippen molar-refractivity contribution in [3.8, 4) is 0 Å². The minimum absolute atomic E-state index is 0.0611. The van der Waals surface area contributed by atoms with Crippen molar-refractivity contribution in [2.75, 3.05) is 26.9 Å². The van der Waals surface area contributed by atoms with E-state index in [1.54, 1.807) is 0 Å². The van der Waals surface area contributed by atoms with E-state index in [0.717, 1.165) is 50.0 Å². The lowest BCUT2D eigenvalue weighted by atomic mass is 9.76. The van der Waals surface area contributed by atoms with E-state index in [4.69, 9.17) is 9.47 Å². The largest absolute Gasteiger partial charge is 0.381 e. The predicted molar refractivity (Wildman–Crippen MR) is 87.4 cm³/mol. The summed E-state index contributed by atoms with van der Waals surface area (Å²) in [5.41, 5.74) is 1.43. The Morgan fingerprint density at radius 3 is 2.57 bits per heavy atom. The Balaban J connectivity index is 1.75. The molecule has 21 heavy (non-hydrogen) atoms. The van der Waals surface area contributed by atoms with E-state index >= 15 is 0 Å². The molecule has 2 atom stereocenters. The van der Waals surface area contributed by atoms with Gasteiger partial charge in [0, 0.05) is 30.3 Å². The molecule has 116 valence electrons. The Morgan fingerprint density at radius 2 is 1.90 bits per heavy atom. The van der Waals surface area contributed by atoms with E-state index in [2.05, 4.69) is 52.6 Å². The van der Waals surface area contributed by atoms with Gasteiger partial charge >= 0.3 is 0 Å². The zero-order valence-electron chi connectivity index (χ0n) is 12.6. The molecule has 0 aliphatic carbocycles. The second-order valence-electron chi connectivity index (χ2n) is 6.21. The molecule has 0 amide bonds. The Kier molecular flexibility index (Phi) is 4.99. The van der Waals surface area contributed by atoms with Crippen molar-refractivity contribution < 1.29 is 9.47 Å². The molecule has 1 N–H and O–H groups in total. The van der Waals surface area contributed by atoms with Crippen LogP contribution in [0.1, 0.15) is 37.3 Å². The number of hydrogen-bond donors (Lipinski definition) is 1. The summed E-state index contributed by atoms with van der Waals surface area (Å²) in [5.74, 6) is 0.628. The van der Waals surface area contributed by atoms with Crippen LogP contribution in [0.5, 0.6) is 0 Å². The van der Waals surface area contributed by atoms with Crippen LogP contribution in [0, 0.1) is 5.92 Å². The highest BCUT2D eigenvalue weighted by Gasteiger charge is 2.41. The van der Waals surface area contributed by atoms with Gasteiger partial charge in [-0.3, -0.25) is 0 Å². The molecule has 3 nitrogen and oxygen atoms in total. The highest BCUT2D eigenvalue weighted by molar-refractivity contribution is 9.10. The smallest absolute Gasteiger partial charge is 0.0729 e. The summed E-state index contributed by atoms with van der Waals surface area (Å²) >= 11 is 3.52. The van der Waals surface area contributed by atoms with Crippen molar-refractivity contribution in [1.29, 1.82) is 0 Å². The molecule has 1 aromatic rings. The third-order valence-corrected chi connectivity index (χ3v) is 5.48. The van der Waals surface area contributed by atoms with Gasteiger partial charge < -0.3 is 14.8 Å². The summed E-state index contributed by atoms with van der Waals surface area (Å²) in [6.07, 6.45) is 4.35. The summed E-state index contributed by atoms with van der Waals surface area (Å²) < 4.78 is 12.8. The average molecular weight is 354 g/mol. The van der Waals surface area contributed by atoms with Gasteiger partial charge in [-0.15, -0.1) is 0 Å². The van der Waals surface area contributed by atoms with Crippen molar-refractivity contribution in [2.45, 2.75) is 37.3 Å². The van der Waals surface area contributed by atoms with Crippen LogP contribution in [0.4, 0.5) is 0 Å². The third kappa shape index (κ3) is 3.50. The van der Waals surface area contributed by atoms with Gasteiger partial charge in [-0.1, -0.05) is 28.1 Å². The van der Waals surface area contributed by atoms with Crippen LogP contribution in [0.25, 0.3) is 0 Å². The second-order valence-corrected chi connectivity index (χ2v) is 7.13. The van der Waals surface area contributed by atoms with Crippen LogP contribution in [0.2, 0.25) is 0 Å². The molecule has 0 aromatic heterocycles. The second kappa shape index (κ2) is 6.78. The maximum absolute atomic E-state index is 6.17. The van der Waals surface area contributed by atoms with Crippen LogP contribution in [0.3, 0.4) is 0 Å². The van der Waals surface area contributed by atoms with Gasteiger partial charge in [0.05, 0.1) is 5.60 Å². The molecule has 2 heterocycles. The van der Waals surface area contributed by atoms with Crippen LogP contribution in [-0.2, 0) is 9.47 Å². The molecular formula is C17H24BrNO2. The maximum Gasteiger partial charge on any atom is 0.0729 e. The van der Waals surface area contributed by atoms with Crippen molar-refractivity contribution in [3.05, 3.63) is 34.3 Å². The molecule has 2 fully saturated rings. The fourth-order valence-corrected chi connectivity index (χ4v) is 4.05. The van der Waals surface area contributed by atoms with E-state index in [1.807, 2.05) is 0 Å². The highest BCUT2D eigenvalue weighted by atomic mass is 79.9.